The Labute approximate surface area is 110 Å². The van der Waals surface area contributed by atoms with E-state index >= 15 is 0 Å². The smallest absolute Gasteiger partial charge is 0.375 e. The van der Waals surface area contributed by atoms with Crippen molar-refractivity contribution >= 4 is 16.5 Å². The molecule has 0 amide bonds. The standard InChI is InChI=1S/C12H10F4N2S/c1-6-10(19-11(17)18-6)5-7-2-3-9(13)8(4-7)12(14,15)16/h2-4H,5H2,1H3,(H2,17,18). The molecule has 0 saturated heterocycles. The van der Waals surface area contributed by atoms with Crippen molar-refractivity contribution in [3.05, 3.63) is 45.7 Å². The highest BCUT2D eigenvalue weighted by atomic mass is 32.1. The second-order valence-corrected chi connectivity index (χ2v) is 5.16. The Hall–Kier alpha value is -1.63. The van der Waals surface area contributed by atoms with E-state index in [9.17, 15) is 17.6 Å². The van der Waals surface area contributed by atoms with Crippen LogP contribution < -0.4 is 5.73 Å². The summed E-state index contributed by atoms with van der Waals surface area (Å²) in [4.78, 5) is 4.77. The Kier molecular flexibility index (Phi) is 3.49. The van der Waals surface area contributed by atoms with Crippen molar-refractivity contribution in [2.75, 3.05) is 5.73 Å². The molecule has 0 bridgehead atoms. The third kappa shape index (κ3) is 3.04. The molecule has 1 aromatic heterocycles. The highest BCUT2D eigenvalue weighted by molar-refractivity contribution is 7.15. The monoisotopic (exact) mass is 290 g/mol. The number of nitrogen functional groups attached to an aromatic ring is 1. The Morgan fingerprint density at radius 3 is 2.53 bits per heavy atom. The van der Waals surface area contributed by atoms with E-state index in [4.69, 9.17) is 5.73 Å². The number of hydrogen-bond donors (Lipinski definition) is 1. The number of hydrogen-bond acceptors (Lipinski definition) is 3. The van der Waals surface area contributed by atoms with Gasteiger partial charge >= 0.3 is 6.18 Å². The lowest BCUT2D eigenvalue weighted by Gasteiger charge is -2.09. The van der Waals surface area contributed by atoms with Crippen molar-refractivity contribution < 1.29 is 17.6 Å². The first-order chi connectivity index (χ1) is 8.77. The van der Waals surface area contributed by atoms with Crippen molar-refractivity contribution in [2.24, 2.45) is 0 Å². The van der Waals surface area contributed by atoms with Crippen LogP contribution in [0.5, 0.6) is 0 Å². The van der Waals surface area contributed by atoms with E-state index in [1.807, 2.05) is 0 Å². The highest BCUT2D eigenvalue weighted by Crippen LogP contribution is 2.33. The van der Waals surface area contributed by atoms with Gasteiger partial charge in [-0.25, -0.2) is 9.37 Å². The summed E-state index contributed by atoms with van der Waals surface area (Å²) < 4.78 is 50.9. The van der Waals surface area contributed by atoms with E-state index in [0.717, 1.165) is 17.0 Å². The van der Waals surface area contributed by atoms with Crippen LogP contribution in [0.3, 0.4) is 0 Å². The van der Waals surface area contributed by atoms with Crippen molar-refractivity contribution in [1.82, 2.24) is 4.98 Å². The number of halogens is 4. The minimum atomic E-state index is -4.69. The average Bonchev–Trinajstić information content (AvgIpc) is 2.58. The number of thiazole rings is 1. The normalized spacial score (nSPS) is 11.8. The zero-order chi connectivity index (χ0) is 14.2. The molecule has 0 aliphatic rings. The summed E-state index contributed by atoms with van der Waals surface area (Å²) in [6.07, 6.45) is -4.44. The van der Waals surface area contributed by atoms with Gasteiger partial charge in [0.1, 0.15) is 5.82 Å². The van der Waals surface area contributed by atoms with E-state index < -0.39 is 17.6 Å². The maximum Gasteiger partial charge on any atom is 0.419 e. The van der Waals surface area contributed by atoms with Gasteiger partial charge < -0.3 is 5.73 Å². The fourth-order valence-electron chi connectivity index (χ4n) is 1.70. The third-order valence-corrected chi connectivity index (χ3v) is 3.60. The van der Waals surface area contributed by atoms with Gasteiger partial charge in [0.05, 0.1) is 11.3 Å². The number of aryl methyl sites for hydroxylation is 1. The average molecular weight is 290 g/mol. The van der Waals surface area contributed by atoms with Crippen LogP contribution in [0.15, 0.2) is 18.2 Å². The number of nitrogens with two attached hydrogens (primary N) is 1. The second-order valence-electron chi connectivity index (χ2n) is 4.05. The summed E-state index contributed by atoms with van der Waals surface area (Å²) in [5, 5.41) is 0.366. The molecule has 2 N–H and O–H groups in total. The molecule has 0 aliphatic heterocycles. The molecule has 2 aromatic rings. The van der Waals surface area contributed by atoms with Crippen molar-refractivity contribution in [2.45, 2.75) is 19.5 Å². The van der Waals surface area contributed by atoms with E-state index in [1.165, 1.54) is 17.4 Å². The molecule has 19 heavy (non-hydrogen) atoms. The Bertz CT molecular complexity index is 604. The molecule has 2 nitrogen and oxygen atoms in total. The topological polar surface area (TPSA) is 38.9 Å². The number of nitrogens with zero attached hydrogens (tertiary/aromatic N) is 1. The molecule has 1 aromatic carbocycles. The van der Waals surface area contributed by atoms with Crippen LogP contribution in [0.4, 0.5) is 22.7 Å². The molecular formula is C12H10F4N2S. The second kappa shape index (κ2) is 4.80. The van der Waals surface area contributed by atoms with Gasteiger partial charge in [-0.3, -0.25) is 0 Å². The van der Waals surface area contributed by atoms with Crippen LogP contribution in [-0.4, -0.2) is 4.98 Å². The summed E-state index contributed by atoms with van der Waals surface area (Å²) in [5.41, 5.74) is 5.33. The molecule has 0 unspecified atom stereocenters. The molecule has 0 fully saturated rings. The van der Waals surface area contributed by atoms with Crippen LogP contribution in [-0.2, 0) is 12.6 Å². The number of anilines is 1. The van der Waals surface area contributed by atoms with Crippen molar-refractivity contribution in [3.63, 3.8) is 0 Å². The quantitative estimate of drug-likeness (QED) is 0.855. The molecule has 0 spiro atoms. The molecule has 0 saturated carbocycles. The maximum atomic E-state index is 13.1. The van der Waals surface area contributed by atoms with E-state index in [2.05, 4.69) is 4.98 Å². The van der Waals surface area contributed by atoms with E-state index in [0.29, 0.717) is 16.4 Å². The first kappa shape index (κ1) is 13.8. The van der Waals surface area contributed by atoms with Crippen molar-refractivity contribution in [3.8, 4) is 0 Å². The summed E-state index contributed by atoms with van der Waals surface area (Å²) in [6, 6.07) is 2.99. The lowest BCUT2D eigenvalue weighted by molar-refractivity contribution is -0.140. The summed E-state index contributed by atoms with van der Waals surface area (Å²) in [7, 11) is 0. The molecule has 0 aliphatic carbocycles. The van der Waals surface area contributed by atoms with Gasteiger partial charge in [0.2, 0.25) is 0 Å². The van der Waals surface area contributed by atoms with E-state index in [1.54, 1.807) is 6.92 Å². The Morgan fingerprint density at radius 1 is 1.32 bits per heavy atom. The predicted octanol–water partition coefficient (Wildman–Crippen LogP) is 3.78. The summed E-state index contributed by atoms with van der Waals surface area (Å²) in [5.74, 6) is -1.27. The van der Waals surface area contributed by atoms with Gasteiger partial charge in [0, 0.05) is 11.3 Å². The van der Waals surface area contributed by atoms with Crippen LogP contribution in [0.1, 0.15) is 21.7 Å². The largest absolute Gasteiger partial charge is 0.419 e. The molecule has 7 heteroatoms. The fourth-order valence-corrected chi connectivity index (χ4v) is 2.57. The number of alkyl halides is 3. The van der Waals surface area contributed by atoms with Gasteiger partial charge in [-0.2, -0.15) is 13.2 Å². The summed E-state index contributed by atoms with van der Waals surface area (Å²) in [6.45, 7) is 1.73. The zero-order valence-electron chi connectivity index (χ0n) is 9.88. The number of aromatic nitrogens is 1. The maximum absolute atomic E-state index is 13.1. The Balaban J connectivity index is 2.34. The molecule has 102 valence electrons. The predicted molar refractivity (Wildman–Crippen MR) is 65.5 cm³/mol. The first-order valence-electron chi connectivity index (χ1n) is 5.35. The van der Waals surface area contributed by atoms with Gasteiger partial charge in [0.25, 0.3) is 0 Å². The molecule has 2 rings (SSSR count). The molecule has 0 atom stereocenters. The molecular weight excluding hydrogens is 280 g/mol. The van der Waals surface area contributed by atoms with Crippen LogP contribution in [0.25, 0.3) is 0 Å². The minimum Gasteiger partial charge on any atom is -0.375 e. The van der Waals surface area contributed by atoms with Crippen LogP contribution in [0, 0.1) is 12.7 Å². The third-order valence-electron chi connectivity index (χ3n) is 2.61. The lowest BCUT2D eigenvalue weighted by Crippen LogP contribution is -2.08. The molecule has 0 radical (unpaired) electrons. The fraction of sp³-hybridized carbons (Fsp3) is 0.250. The summed E-state index contributed by atoms with van der Waals surface area (Å²) >= 11 is 1.22. The minimum absolute atomic E-state index is 0.254. The van der Waals surface area contributed by atoms with Crippen LogP contribution in [0.2, 0.25) is 0 Å². The van der Waals surface area contributed by atoms with Gasteiger partial charge in [-0.05, 0) is 24.6 Å². The van der Waals surface area contributed by atoms with Gasteiger partial charge in [0.15, 0.2) is 5.13 Å². The molecule has 1 heterocycles. The Morgan fingerprint density at radius 2 is 2.00 bits per heavy atom. The first-order valence-corrected chi connectivity index (χ1v) is 6.16. The number of benzene rings is 1. The lowest BCUT2D eigenvalue weighted by atomic mass is 10.1. The van der Waals surface area contributed by atoms with Crippen molar-refractivity contribution in [1.29, 1.82) is 0 Å². The van der Waals surface area contributed by atoms with E-state index in [-0.39, 0.29) is 6.42 Å². The highest BCUT2D eigenvalue weighted by Gasteiger charge is 2.34. The number of rotatable bonds is 2. The zero-order valence-corrected chi connectivity index (χ0v) is 10.7. The SMILES string of the molecule is Cc1nc(N)sc1Cc1ccc(F)c(C(F)(F)F)c1. The van der Waals surface area contributed by atoms with Crippen LogP contribution >= 0.6 is 11.3 Å². The van der Waals surface area contributed by atoms with Gasteiger partial charge in [-0.1, -0.05) is 6.07 Å². The van der Waals surface area contributed by atoms with Gasteiger partial charge in [-0.15, -0.1) is 11.3 Å².